The van der Waals surface area contributed by atoms with Gasteiger partial charge in [-0.05, 0) is 52.6 Å². The number of carboxylic acids is 1. The van der Waals surface area contributed by atoms with Gasteiger partial charge < -0.3 is 15.1 Å². The predicted molar refractivity (Wildman–Crippen MR) is 64.5 cm³/mol. The van der Waals surface area contributed by atoms with Gasteiger partial charge in [0.2, 0.25) is 0 Å². The van der Waals surface area contributed by atoms with Crippen LogP contribution in [-0.2, 0) is 4.79 Å². The molecule has 0 aliphatic heterocycles. The average molecular weight is 231 g/mol. The van der Waals surface area contributed by atoms with E-state index in [9.17, 15) is 4.79 Å². The Morgan fingerprint density at radius 3 is 2.25 bits per heavy atom. The average Bonchev–Trinajstić information content (AvgIpc) is 2.20. The number of hydrogen-bond donors (Lipinski definition) is 2. The van der Waals surface area contributed by atoms with Crippen molar-refractivity contribution in [1.82, 2.24) is 4.90 Å². The molecule has 16 heavy (non-hydrogen) atoms. The molecule has 0 heterocycles. The summed E-state index contributed by atoms with van der Waals surface area (Å²) in [5.41, 5.74) is 0. The summed E-state index contributed by atoms with van der Waals surface area (Å²) in [6, 6.07) is 0.461. The van der Waals surface area contributed by atoms with Gasteiger partial charge in [-0.15, -0.1) is 0 Å². The molecular weight excluding hydrogens is 206 g/mol. The maximum absolute atomic E-state index is 10.4. The van der Waals surface area contributed by atoms with Gasteiger partial charge in [-0.1, -0.05) is 0 Å². The number of aliphatic hydroxyl groups excluding tert-OH is 1. The van der Waals surface area contributed by atoms with Gasteiger partial charge in [0.25, 0.3) is 0 Å². The van der Waals surface area contributed by atoms with Crippen molar-refractivity contribution in [2.45, 2.75) is 52.0 Å². The van der Waals surface area contributed by atoms with E-state index in [0.717, 1.165) is 32.4 Å². The number of rotatable bonds is 10. The lowest BCUT2D eigenvalue weighted by molar-refractivity contribution is -0.137. The van der Waals surface area contributed by atoms with Crippen LogP contribution in [0.3, 0.4) is 0 Å². The van der Waals surface area contributed by atoms with Gasteiger partial charge in [0.1, 0.15) is 0 Å². The Kier molecular flexibility index (Phi) is 9.24. The molecule has 96 valence electrons. The summed E-state index contributed by atoms with van der Waals surface area (Å²) in [5, 5.41) is 17.2. The van der Waals surface area contributed by atoms with Gasteiger partial charge in [-0.2, -0.15) is 0 Å². The summed E-state index contributed by atoms with van der Waals surface area (Å²) in [5.74, 6) is -0.719. The normalized spacial score (nSPS) is 11.3. The van der Waals surface area contributed by atoms with E-state index in [1.54, 1.807) is 0 Å². The van der Waals surface area contributed by atoms with E-state index < -0.39 is 5.97 Å². The molecule has 0 aromatic carbocycles. The molecule has 4 nitrogen and oxygen atoms in total. The standard InChI is InChI=1S/C12H25NO3/c1-11(2)13(8-4-3-5-10-14)9-6-7-12(15)16/h11,14H,3-10H2,1-2H3,(H,15,16). The molecule has 0 aromatic rings. The van der Waals surface area contributed by atoms with Gasteiger partial charge in [-0.3, -0.25) is 4.79 Å². The maximum Gasteiger partial charge on any atom is 0.303 e. The lowest BCUT2D eigenvalue weighted by Gasteiger charge is -2.26. The maximum atomic E-state index is 10.4. The van der Waals surface area contributed by atoms with Crippen LogP contribution in [-0.4, -0.2) is 46.8 Å². The third kappa shape index (κ3) is 8.68. The minimum absolute atomic E-state index is 0.250. The zero-order valence-corrected chi connectivity index (χ0v) is 10.5. The van der Waals surface area contributed by atoms with Gasteiger partial charge in [-0.25, -0.2) is 0 Å². The van der Waals surface area contributed by atoms with Crippen LogP contribution in [0.2, 0.25) is 0 Å². The summed E-state index contributed by atoms with van der Waals surface area (Å²) < 4.78 is 0. The van der Waals surface area contributed by atoms with Gasteiger partial charge in [0, 0.05) is 19.1 Å². The number of aliphatic hydroxyl groups is 1. The Labute approximate surface area is 98.3 Å². The van der Waals surface area contributed by atoms with Crippen molar-refractivity contribution >= 4 is 5.97 Å². The highest BCUT2D eigenvalue weighted by atomic mass is 16.4. The predicted octanol–water partition coefficient (Wildman–Crippen LogP) is 1.72. The highest BCUT2D eigenvalue weighted by molar-refractivity contribution is 5.66. The Hall–Kier alpha value is -0.610. The fourth-order valence-electron chi connectivity index (χ4n) is 1.67. The molecular formula is C12H25NO3. The number of aliphatic carboxylic acids is 1. The minimum atomic E-state index is -0.719. The first-order valence-corrected chi connectivity index (χ1v) is 6.14. The van der Waals surface area contributed by atoms with E-state index in [1.165, 1.54) is 0 Å². The van der Waals surface area contributed by atoms with Crippen molar-refractivity contribution < 1.29 is 15.0 Å². The Bertz CT molecular complexity index is 183. The molecule has 0 amide bonds. The summed E-state index contributed by atoms with van der Waals surface area (Å²) in [7, 11) is 0. The molecule has 0 unspecified atom stereocenters. The van der Waals surface area contributed by atoms with E-state index in [-0.39, 0.29) is 13.0 Å². The van der Waals surface area contributed by atoms with Crippen LogP contribution >= 0.6 is 0 Å². The lowest BCUT2D eigenvalue weighted by atomic mass is 10.2. The van der Waals surface area contributed by atoms with Gasteiger partial charge in [0.05, 0.1) is 0 Å². The molecule has 0 aliphatic rings. The Balaban J connectivity index is 3.66. The quantitative estimate of drug-likeness (QED) is 0.562. The van der Waals surface area contributed by atoms with Crippen LogP contribution in [0.4, 0.5) is 0 Å². The third-order valence-corrected chi connectivity index (χ3v) is 2.67. The van der Waals surface area contributed by atoms with Crippen molar-refractivity contribution in [2.24, 2.45) is 0 Å². The zero-order valence-electron chi connectivity index (χ0n) is 10.5. The number of carbonyl (C=O) groups is 1. The molecule has 0 atom stereocenters. The molecule has 0 saturated carbocycles. The van der Waals surface area contributed by atoms with Crippen LogP contribution in [0.15, 0.2) is 0 Å². The molecule has 0 bridgehead atoms. The van der Waals surface area contributed by atoms with E-state index in [1.807, 2.05) is 0 Å². The largest absolute Gasteiger partial charge is 0.481 e. The molecule has 0 fully saturated rings. The Morgan fingerprint density at radius 2 is 1.75 bits per heavy atom. The summed E-state index contributed by atoms with van der Waals surface area (Å²) in [6.07, 6.45) is 3.94. The van der Waals surface area contributed by atoms with Crippen LogP contribution in [0.25, 0.3) is 0 Å². The molecule has 0 spiro atoms. The van der Waals surface area contributed by atoms with Gasteiger partial charge >= 0.3 is 5.97 Å². The zero-order chi connectivity index (χ0) is 12.4. The van der Waals surface area contributed by atoms with Crippen molar-refractivity contribution in [3.63, 3.8) is 0 Å². The second-order valence-corrected chi connectivity index (χ2v) is 4.41. The van der Waals surface area contributed by atoms with Crippen molar-refractivity contribution in [3.8, 4) is 0 Å². The van der Waals surface area contributed by atoms with Crippen LogP contribution < -0.4 is 0 Å². The lowest BCUT2D eigenvalue weighted by Crippen LogP contribution is -2.33. The highest BCUT2D eigenvalue weighted by Crippen LogP contribution is 2.05. The van der Waals surface area contributed by atoms with Crippen molar-refractivity contribution in [3.05, 3.63) is 0 Å². The molecule has 0 aromatic heterocycles. The Morgan fingerprint density at radius 1 is 1.12 bits per heavy atom. The van der Waals surface area contributed by atoms with E-state index in [0.29, 0.717) is 12.5 Å². The van der Waals surface area contributed by atoms with Crippen LogP contribution in [0.1, 0.15) is 46.0 Å². The molecule has 4 heteroatoms. The van der Waals surface area contributed by atoms with Gasteiger partial charge in [0.15, 0.2) is 0 Å². The van der Waals surface area contributed by atoms with Crippen molar-refractivity contribution in [2.75, 3.05) is 19.7 Å². The first kappa shape index (κ1) is 15.4. The molecule has 0 rings (SSSR count). The van der Waals surface area contributed by atoms with Crippen LogP contribution in [0.5, 0.6) is 0 Å². The third-order valence-electron chi connectivity index (χ3n) is 2.67. The number of unbranched alkanes of at least 4 members (excludes halogenated alkanes) is 2. The number of nitrogens with zero attached hydrogens (tertiary/aromatic N) is 1. The minimum Gasteiger partial charge on any atom is -0.481 e. The number of carboxylic acid groups (broad SMARTS) is 1. The number of hydrogen-bond acceptors (Lipinski definition) is 3. The fourth-order valence-corrected chi connectivity index (χ4v) is 1.67. The summed E-state index contributed by atoms with van der Waals surface area (Å²) >= 11 is 0. The monoisotopic (exact) mass is 231 g/mol. The second kappa shape index (κ2) is 9.60. The molecule has 0 radical (unpaired) electrons. The summed E-state index contributed by atoms with van der Waals surface area (Å²) in [6.45, 7) is 6.38. The smallest absolute Gasteiger partial charge is 0.303 e. The van der Waals surface area contributed by atoms with Crippen LogP contribution in [0, 0.1) is 0 Å². The first-order chi connectivity index (χ1) is 7.57. The molecule has 2 N–H and O–H groups in total. The van der Waals surface area contributed by atoms with E-state index in [4.69, 9.17) is 10.2 Å². The first-order valence-electron chi connectivity index (χ1n) is 6.14. The van der Waals surface area contributed by atoms with E-state index >= 15 is 0 Å². The highest BCUT2D eigenvalue weighted by Gasteiger charge is 2.09. The summed E-state index contributed by atoms with van der Waals surface area (Å²) in [4.78, 5) is 12.7. The molecule has 0 aliphatic carbocycles. The fraction of sp³-hybridized carbons (Fsp3) is 0.917. The van der Waals surface area contributed by atoms with Crippen molar-refractivity contribution in [1.29, 1.82) is 0 Å². The molecule has 0 saturated heterocycles. The topological polar surface area (TPSA) is 60.8 Å². The SMILES string of the molecule is CC(C)N(CCCCCO)CCCC(=O)O. The second-order valence-electron chi connectivity index (χ2n) is 4.41. The van der Waals surface area contributed by atoms with E-state index in [2.05, 4.69) is 18.7 Å².